The molecule has 3 aromatic rings. The lowest BCUT2D eigenvalue weighted by molar-refractivity contribution is -0.181. The molecular formula is C47H53NO9. The molecule has 0 aliphatic heterocycles. The number of ketones is 3. The lowest BCUT2D eigenvalue weighted by Crippen LogP contribution is -2.61. The molecule has 10 nitrogen and oxygen atoms in total. The number of fused-ring (bicyclic) bond motifs is 6. The molecule has 10 heteroatoms. The van der Waals surface area contributed by atoms with Gasteiger partial charge in [-0.1, -0.05) is 92.2 Å². The van der Waals surface area contributed by atoms with Crippen LogP contribution in [0.15, 0.2) is 90.5 Å². The zero-order chi connectivity index (χ0) is 40.7. The van der Waals surface area contributed by atoms with E-state index < -0.39 is 52.9 Å². The Morgan fingerprint density at radius 2 is 1.58 bits per heavy atom. The van der Waals surface area contributed by atoms with Gasteiger partial charge in [0.2, 0.25) is 5.78 Å². The van der Waals surface area contributed by atoms with Crippen molar-refractivity contribution in [2.75, 3.05) is 20.7 Å². The summed E-state index contributed by atoms with van der Waals surface area (Å²) in [6, 6.07) is 21.0. The zero-order valence-corrected chi connectivity index (χ0v) is 33.2. The summed E-state index contributed by atoms with van der Waals surface area (Å²) in [5, 5.41) is 25.7. The summed E-state index contributed by atoms with van der Waals surface area (Å²) in [5.41, 5.74) is 0.385. The number of aliphatic hydroxyl groups excluding tert-OH is 1. The third-order valence-electron chi connectivity index (χ3n) is 13.7. The summed E-state index contributed by atoms with van der Waals surface area (Å²) in [4.78, 5) is 66.3. The molecule has 0 heterocycles. The van der Waals surface area contributed by atoms with Crippen molar-refractivity contribution in [1.29, 1.82) is 0 Å². The number of carbonyl (C=O) groups is 5. The Labute approximate surface area is 333 Å². The summed E-state index contributed by atoms with van der Waals surface area (Å²) in [6.45, 7) is 3.30. The number of allylic oxidation sites excluding steroid dienone is 4. The SMILES string of the molecule is CN(C)C(C(=O)Cc1ccc2ccccc2c1)c1ccc(COC(=O)CCC(=O)OCC(=O)[C@@]2(O)CC[C@H]3[C@@H]4CCC5=CC(=O)C=C[C@]5(C)[C@H]4[C@@H](O)C[C@@]32C)cc1. The van der Waals surface area contributed by atoms with Crippen LogP contribution < -0.4 is 0 Å². The first-order valence-corrected chi connectivity index (χ1v) is 20.1. The van der Waals surface area contributed by atoms with Crippen molar-refractivity contribution in [2.24, 2.45) is 28.6 Å². The molecule has 1 unspecified atom stereocenters. The topological polar surface area (TPSA) is 148 Å². The third kappa shape index (κ3) is 7.67. The molecule has 4 aliphatic rings. The maximum Gasteiger partial charge on any atom is 0.306 e. The van der Waals surface area contributed by atoms with Gasteiger partial charge in [0, 0.05) is 23.2 Å². The van der Waals surface area contributed by atoms with Gasteiger partial charge in [-0.3, -0.25) is 28.9 Å². The number of nitrogens with zero attached hydrogens (tertiary/aromatic N) is 1. The predicted molar refractivity (Wildman–Crippen MR) is 213 cm³/mol. The summed E-state index contributed by atoms with van der Waals surface area (Å²) in [5.74, 6) is -2.04. The van der Waals surface area contributed by atoms with E-state index in [1.807, 2.05) is 98.7 Å². The van der Waals surface area contributed by atoms with Gasteiger partial charge in [-0.05, 0) is 97.7 Å². The van der Waals surface area contributed by atoms with Gasteiger partial charge in [0.05, 0.1) is 25.0 Å². The van der Waals surface area contributed by atoms with Crippen LogP contribution in [0.1, 0.15) is 81.5 Å². The number of esters is 2. The van der Waals surface area contributed by atoms with Crippen LogP contribution in [0.5, 0.6) is 0 Å². The van der Waals surface area contributed by atoms with Crippen molar-refractivity contribution in [2.45, 2.75) is 89.6 Å². The fourth-order valence-corrected chi connectivity index (χ4v) is 10.8. The van der Waals surface area contributed by atoms with Gasteiger partial charge in [0.25, 0.3) is 0 Å². The highest BCUT2D eigenvalue weighted by Crippen LogP contribution is 2.67. The van der Waals surface area contributed by atoms with E-state index in [1.165, 1.54) is 0 Å². The summed E-state index contributed by atoms with van der Waals surface area (Å²) >= 11 is 0. The molecule has 3 fully saturated rings. The number of Topliss-reactive ketones (excluding diaryl/α,β-unsaturated/α-hetero) is 2. The number of likely N-dealkylation sites (N-methyl/N-ethyl adjacent to an activating group) is 1. The van der Waals surface area contributed by atoms with E-state index in [0.717, 1.165) is 45.9 Å². The van der Waals surface area contributed by atoms with Crippen molar-refractivity contribution in [3.63, 3.8) is 0 Å². The van der Waals surface area contributed by atoms with Crippen molar-refractivity contribution in [3.8, 4) is 0 Å². The first-order valence-electron chi connectivity index (χ1n) is 20.1. The minimum absolute atomic E-state index is 0.0179. The Morgan fingerprint density at radius 3 is 2.30 bits per heavy atom. The first kappa shape index (κ1) is 40.4. The lowest BCUT2D eigenvalue weighted by atomic mass is 9.46. The Bertz CT molecular complexity index is 2140. The number of rotatable bonds is 13. The van der Waals surface area contributed by atoms with Crippen LogP contribution in [0.4, 0.5) is 0 Å². The van der Waals surface area contributed by atoms with Crippen LogP contribution in [-0.4, -0.2) is 76.8 Å². The molecular weight excluding hydrogens is 723 g/mol. The van der Waals surface area contributed by atoms with E-state index in [4.69, 9.17) is 9.47 Å². The molecule has 300 valence electrons. The monoisotopic (exact) mass is 775 g/mol. The molecule has 7 rings (SSSR count). The molecule has 57 heavy (non-hydrogen) atoms. The highest BCUT2D eigenvalue weighted by atomic mass is 16.5. The zero-order valence-electron chi connectivity index (χ0n) is 33.2. The molecule has 0 bridgehead atoms. The molecule has 2 N–H and O–H groups in total. The van der Waals surface area contributed by atoms with Gasteiger partial charge in [-0.25, -0.2) is 0 Å². The number of aliphatic hydroxyl groups is 2. The Morgan fingerprint density at radius 1 is 0.895 bits per heavy atom. The van der Waals surface area contributed by atoms with Crippen LogP contribution in [0.2, 0.25) is 0 Å². The lowest BCUT2D eigenvalue weighted by Gasteiger charge is -2.59. The van der Waals surface area contributed by atoms with Crippen molar-refractivity contribution < 1.29 is 43.7 Å². The average molecular weight is 776 g/mol. The van der Waals surface area contributed by atoms with Crippen molar-refractivity contribution in [3.05, 3.63) is 107 Å². The van der Waals surface area contributed by atoms with Crippen LogP contribution >= 0.6 is 0 Å². The van der Waals surface area contributed by atoms with Crippen LogP contribution in [-0.2, 0) is 46.5 Å². The molecule has 0 spiro atoms. The van der Waals surface area contributed by atoms with Gasteiger partial charge >= 0.3 is 11.9 Å². The number of benzene rings is 3. The van der Waals surface area contributed by atoms with E-state index in [1.54, 1.807) is 12.2 Å². The molecule has 0 radical (unpaired) electrons. The Kier molecular flexibility index (Phi) is 11.3. The van der Waals surface area contributed by atoms with Gasteiger partial charge in [-0.15, -0.1) is 0 Å². The second-order valence-corrected chi connectivity index (χ2v) is 17.3. The average Bonchev–Trinajstić information content (AvgIpc) is 3.45. The van der Waals surface area contributed by atoms with Crippen LogP contribution in [0, 0.1) is 28.6 Å². The highest BCUT2D eigenvalue weighted by molar-refractivity contribution is 6.01. The molecule has 0 aromatic heterocycles. The van der Waals surface area contributed by atoms with Crippen LogP contribution in [0.3, 0.4) is 0 Å². The minimum atomic E-state index is -1.77. The van der Waals surface area contributed by atoms with E-state index in [9.17, 15) is 34.2 Å². The maximum atomic E-state index is 13.6. The van der Waals surface area contributed by atoms with Gasteiger partial charge < -0.3 is 19.7 Å². The molecule has 3 saturated carbocycles. The number of hydrogen-bond acceptors (Lipinski definition) is 10. The standard InChI is InChI=1S/C47H53NO9/c1-45-21-19-35(49)25-34(45)15-16-36-37-20-22-47(55,46(37,2)26-39(51)43(36)45)40(52)28-57-42(54)18-17-41(53)56-27-29-9-13-32(14-10-29)44(48(3)4)38(50)24-30-11-12-31-7-5-6-8-33(31)23-30/h5-14,19,21,23,25,36-37,39,43-44,51,55H,15-18,20,22,24,26-28H2,1-4H3/t36-,37-,39-,43+,44?,45-,46-,47-/m0/s1. The number of ether oxygens (including phenoxy) is 2. The molecule has 8 atom stereocenters. The third-order valence-corrected chi connectivity index (χ3v) is 13.7. The van der Waals surface area contributed by atoms with Crippen LogP contribution in [0.25, 0.3) is 10.8 Å². The van der Waals surface area contributed by atoms with E-state index in [2.05, 4.69) is 6.92 Å². The molecule has 0 saturated heterocycles. The minimum Gasteiger partial charge on any atom is -0.461 e. The fraction of sp³-hybridized carbons (Fsp3) is 0.468. The highest BCUT2D eigenvalue weighted by Gasteiger charge is 2.68. The van der Waals surface area contributed by atoms with Gasteiger partial charge in [-0.2, -0.15) is 0 Å². The van der Waals surface area contributed by atoms with E-state index >= 15 is 0 Å². The summed E-state index contributed by atoms with van der Waals surface area (Å²) < 4.78 is 10.7. The summed E-state index contributed by atoms with van der Waals surface area (Å²) in [6.07, 6.45) is 6.66. The first-order chi connectivity index (χ1) is 27.1. The van der Waals surface area contributed by atoms with Gasteiger partial charge in [0.1, 0.15) is 12.2 Å². The number of hydrogen-bond donors (Lipinski definition) is 2. The molecule has 3 aromatic carbocycles. The quantitative estimate of drug-likeness (QED) is 0.193. The predicted octanol–water partition coefficient (Wildman–Crippen LogP) is 6.20. The Balaban J connectivity index is 0.874. The Hall–Kier alpha value is -4.77. The van der Waals surface area contributed by atoms with E-state index in [0.29, 0.717) is 6.42 Å². The maximum absolute atomic E-state index is 13.6. The van der Waals surface area contributed by atoms with Gasteiger partial charge in [0.15, 0.2) is 18.2 Å². The second kappa shape index (κ2) is 15.9. The largest absolute Gasteiger partial charge is 0.461 e. The number of carbonyl (C=O) groups excluding carboxylic acids is 5. The summed E-state index contributed by atoms with van der Waals surface area (Å²) in [7, 11) is 3.73. The molecule has 4 aliphatic carbocycles. The van der Waals surface area contributed by atoms with Crippen molar-refractivity contribution in [1.82, 2.24) is 4.90 Å². The second-order valence-electron chi connectivity index (χ2n) is 17.3. The van der Waals surface area contributed by atoms with Crippen molar-refractivity contribution >= 4 is 40.1 Å². The fourth-order valence-electron chi connectivity index (χ4n) is 10.8. The molecule has 0 amide bonds. The normalized spacial score (nSPS) is 29.5. The van der Waals surface area contributed by atoms with E-state index in [-0.39, 0.29) is 68.0 Å². The smallest absolute Gasteiger partial charge is 0.306 e.